The highest BCUT2D eigenvalue weighted by Crippen LogP contribution is 2.25. The van der Waals surface area contributed by atoms with Crippen LogP contribution in [0.15, 0.2) is 76.7 Å². The van der Waals surface area contributed by atoms with Gasteiger partial charge in [-0.2, -0.15) is 5.10 Å². The zero-order valence-corrected chi connectivity index (χ0v) is 20.5. The van der Waals surface area contributed by atoms with Crippen molar-refractivity contribution in [3.63, 3.8) is 0 Å². The van der Waals surface area contributed by atoms with E-state index in [0.29, 0.717) is 16.1 Å². The first-order chi connectivity index (χ1) is 16.4. The lowest BCUT2D eigenvalue weighted by atomic mass is 10.1. The van der Waals surface area contributed by atoms with Crippen LogP contribution in [0.4, 0.5) is 11.4 Å². The molecule has 0 heterocycles. The second-order valence-electron chi connectivity index (χ2n) is 7.31. The van der Waals surface area contributed by atoms with Crippen molar-refractivity contribution in [2.45, 2.75) is 24.5 Å². The average Bonchev–Trinajstić information content (AvgIpc) is 2.85. The van der Waals surface area contributed by atoms with E-state index in [1.54, 1.807) is 30.0 Å². The van der Waals surface area contributed by atoms with Crippen LogP contribution in [0.2, 0.25) is 5.02 Å². The third-order valence-corrected chi connectivity index (χ3v) is 6.47. The molecule has 0 radical (unpaired) electrons. The number of carbonyl (C=O) groups is 1. The molecule has 0 aromatic heterocycles. The molecule has 9 heteroatoms. The number of hydrogen-bond acceptors (Lipinski definition) is 6. The molecule has 1 N–H and O–H groups in total. The number of hydrazone groups is 1. The maximum atomic E-state index is 12.5. The van der Waals surface area contributed by atoms with Crippen molar-refractivity contribution in [1.29, 1.82) is 0 Å². The Morgan fingerprint density at radius 2 is 1.76 bits per heavy atom. The number of non-ortho nitro benzene ring substituents is 1. The van der Waals surface area contributed by atoms with Gasteiger partial charge >= 0.3 is 0 Å². The number of thioether (sulfide) groups is 1. The molecule has 0 saturated heterocycles. The lowest BCUT2D eigenvalue weighted by molar-refractivity contribution is -0.384. The Morgan fingerprint density at radius 1 is 1.09 bits per heavy atom. The number of nitro benzene ring substituents is 1. The number of hydrogen-bond donors (Lipinski definition) is 1. The van der Waals surface area contributed by atoms with Gasteiger partial charge in [0.15, 0.2) is 0 Å². The van der Waals surface area contributed by atoms with E-state index in [0.717, 1.165) is 35.0 Å². The Bertz CT molecular complexity index is 1160. The Labute approximate surface area is 208 Å². The zero-order chi connectivity index (χ0) is 24.5. The molecule has 0 saturated carbocycles. The first-order valence-corrected chi connectivity index (χ1v) is 12.1. The summed E-state index contributed by atoms with van der Waals surface area (Å²) < 4.78 is 0. The van der Waals surface area contributed by atoms with Crippen molar-refractivity contribution < 1.29 is 9.72 Å². The normalized spacial score (nSPS) is 10.9. The number of nitrogens with one attached hydrogen (secondary N) is 1. The van der Waals surface area contributed by atoms with Crippen LogP contribution < -0.4 is 10.3 Å². The molecule has 3 aromatic carbocycles. The Balaban J connectivity index is 1.64. The number of carbonyl (C=O) groups excluding carboxylic acids is 1. The van der Waals surface area contributed by atoms with Crippen molar-refractivity contribution in [2.75, 3.05) is 18.0 Å². The van der Waals surface area contributed by atoms with Gasteiger partial charge in [-0.25, -0.2) is 5.43 Å². The molecule has 176 valence electrons. The Morgan fingerprint density at radius 3 is 2.38 bits per heavy atom. The van der Waals surface area contributed by atoms with Crippen LogP contribution in [-0.2, 0) is 5.75 Å². The van der Waals surface area contributed by atoms with Crippen molar-refractivity contribution in [1.82, 2.24) is 5.43 Å². The van der Waals surface area contributed by atoms with Gasteiger partial charge in [-0.05, 0) is 61.9 Å². The van der Waals surface area contributed by atoms with Crippen molar-refractivity contribution in [3.8, 4) is 0 Å². The van der Waals surface area contributed by atoms with E-state index in [-0.39, 0.29) is 11.6 Å². The zero-order valence-electron chi connectivity index (χ0n) is 18.9. The third-order valence-electron chi connectivity index (χ3n) is 5.13. The van der Waals surface area contributed by atoms with Crippen molar-refractivity contribution in [2.24, 2.45) is 5.10 Å². The molecule has 0 spiro atoms. The molecule has 0 aliphatic carbocycles. The van der Waals surface area contributed by atoms with Gasteiger partial charge in [0, 0.05) is 57.7 Å². The van der Waals surface area contributed by atoms with Gasteiger partial charge in [0.2, 0.25) is 0 Å². The molecule has 7 nitrogen and oxygen atoms in total. The molecule has 0 bridgehead atoms. The fraction of sp³-hybridized carbons (Fsp3) is 0.200. The van der Waals surface area contributed by atoms with Crippen LogP contribution >= 0.6 is 23.4 Å². The minimum Gasteiger partial charge on any atom is -0.372 e. The van der Waals surface area contributed by atoms with Gasteiger partial charge in [-0.15, -0.1) is 11.8 Å². The summed E-state index contributed by atoms with van der Waals surface area (Å²) in [6.07, 6.45) is 1.44. The number of rotatable bonds is 10. The molecule has 34 heavy (non-hydrogen) atoms. The lowest BCUT2D eigenvalue weighted by Gasteiger charge is -2.22. The minimum atomic E-state index is -0.450. The van der Waals surface area contributed by atoms with E-state index in [4.69, 9.17) is 11.6 Å². The van der Waals surface area contributed by atoms with Crippen LogP contribution in [0, 0.1) is 10.1 Å². The summed E-state index contributed by atoms with van der Waals surface area (Å²) in [5.74, 6) is 0.408. The third kappa shape index (κ3) is 6.82. The van der Waals surface area contributed by atoms with Gasteiger partial charge in [-0.3, -0.25) is 14.9 Å². The summed E-state index contributed by atoms with van der Waals surface area (Å²) in [6.45, 7) is 5.49. The summed E-state index contributed by atoms with van der Waals surface area (Å²) in [5.41, 5.74) is 5.41. The number of nitro groups is 1. The van der Waals surface area contributed by atoms with E-state index in [1.807, 2.05) is 50.2 Å². The second-order valence-corrected chi connectivity index (χ2v) is 8.80. The predicted octanol–water partition coefficient (Wildman–Crippen LogP) is 6.15. The van der Waals surface area contributed by atoms with E-state index >= 15 is 0 Å². The highest BCUT2D eigenvalue weighted by atomic mass is 35.5. The van der Waals surface area contributed by atoms with Crippen LogP contribution in [0.3, 0.4) is 0 Å². The standard InChI is InChI=1S/C25H25ClN4O3S/c1-3-29(4-2)24-14-11-22(30(32)33)15-20(24)16-27-28-25(31)19-7-5-18(6-8-19)17-34-23-12-9-21(26)10-13-23/h5-16H,3-4,17H2,1-2H3,(H,28,31)/b27-16-. The van der Waals surface area contributed by atoms with Crippen LogP contribution in [0.5, 0.6) is 0 Å². The number of amides is 1. The molecule has 0 fully saturated rings. The molecule has 3 aromatic rings. The van der Waals surface area contributed by atoms with E-state index in [2.05, 4.69) is 15.4 Å². The maximum Gasteiger partial charge on any atom is 0.271 e. The van der Waals surface area contributed by atoms with E-state index < -0.39 is 4.92 Å². The van der Waals surface area contributed by atoms with Crippen molar-refractivity contribution >= 4 is 46.9 Å². The monoisotopic (exact) mass is 496 g/mol. The molecular formula is C25H25ClN4O3S. The summed E-state index contributed by atoms with van der Waals surface area (Å²) in [4.78, 5) is 26.4. The van der Waals surface area contributed by atoms with E-state index in [1.165, 1.54) is 18.3 Å². The SMILES string of the molecule is CCN(CC)c1ccc([N+](=O)[O-])cc1/C=N\NC(=O)c1ccc(CSc2ccc(Cl)cc2)cc1. The summed E-state index contributed by atoms with van der Waals surface area (Å²) in [7, 11) is 0. The number of benzene rings is 3. The van der Waals surface area contributed by atoms with Crippen molar-refractivity contribution in [3.05, 3.63) is 98.6 Å². The summed E-state index contributed by atoms with van der Waals surface area (Å²) in [5, 5.41) is 15.9. The van der Waals surface area contributed by atoms with Gasteiger partial charge < -0.3 is 4.90 Å². The molecule has 0 unspecified atom stereocenters. The minimum absolute atomic E-state index is 0.0317. The Kier molecular flexibility index (Phi) is 9.07. The quantitative estimate of drug-likeness (QED) is 0.157. The molecule has 3 rings (SSSR count). The van der Waals surface area contributed by atoms with E-state index in [9.17, 15) is 14.9 Å². The topological polar surface area (TPSA) is 87.8 Å². The first kappa shape index (κ1) is 25.3. The molecular weight excluding hydrogens is 472 g/mol. The van der Waals surface area contributed by atoms with Crippen LogP contribution in [0.1, 0.15) is 35.3 Å². The highest BCUT2D eigenvalue weighted by molar-refractivity contribution is 7.98. The fourth-order valence-electron chi connectivity index (χ4n) is 3.29. The van der Waals surface area contributed by atoms with Gasteiger partial charge in [0.25, 0.3) is 11.6 Å². The summed E-state index contributed by atoms with van der Waals surface area (Å²) >= 11 is 7.60. The van der Waals surface area contributed by atoms with Gasteiger partial charge in [0.1, 0.15) is 0 Å². The smallest absolute Gasteiger partial charge is 0.271 e. The first-order valence-electron chi connectivity index (χ1n) is 10.7. The largest absolute Gasteiger partial charge is 0.372 e. The van der Waals surface area contributed by atoms with Gasteiger partial charge in [-0.1, -0.05) is 23.7 Å². The fourth-order valence-corrected chi connectivity index (χ4v) is 4.27. The number of anilines is 1. The summed E-state index contributed by atoms with van der Waals surface area (Å²) in [6, 6.07) is 19.6. The second kappa shape index (κ2) is 12.2. The van der Waals surface area contributed by atoms with Crippen LogP contribution in [0.25, 0.3) is 0 Å². The lowest BCUT2D eigenvalue weighted by Crippen LogP contribution is -2.23. The molecule has 0 aliphatic heterocycles. The predicted molar refractivity (Wildman–Crippen MR) is 139 cm³/mol. The number of nitrogens with zero attached hydrogens (tertiary/aromatic N) is 3. The molecule has 1 amide bonds. The maximum absolute atomic E-state index is 12.5. The Hall–Kier alpha value is -3.36. The average molecular weight is 497 g/mol. The highest BCUT2D eigenvalue weighted by Gasteiger charge is 2.13. The molecule has 0 aliphatic rings. The van der Waals surface area contributed by atoms with Crippen LogP contribution in [-0.4, -0.2) is 30.1 Å². The molecule has 0 atom stereocenters. The number of halogens is 1. The van der Waals surface area contributed by atoms with Gasteiger partial charge in [0.05, 0.1) is 11.1 Å².